The van der Waals surface area contributed by atoms with Gasteiger partial charge in [-0.05, 0) is 68.8 Å². The number of benzene rings is 1. The van der Waals surface area contributed by atoms with Gasteiger partial charge in [-0.2, -0.15) is 13.9 Å². The molecule has 1 saturated carbocycles. The Hall–Kier alpha value is -3.74. The highest BCUT2D eigenvalue weighted by atomic mass is 19.3. The van der Waals surface area contributed by atoms with Crippen LogP contribution in [0.25, 0.3) is 0 Å². The molecule has 2 aromatic rings. The summed E-state index contributed by atoms with van der Waals surface area (Å²) in [5.41, 5.74) is 0.765. The molecule has 3 amide bonds. The minimum atomic E-state index is -3.68. The van der Waals surface area contributed by atoms with Crippen LogP contribution in [0.3, 0.4) is 0 Å². The molecule has 1 aromatic carbocycles. The molecule has 2 heterocycles. The number of nitrogens with one attached hydrogen (secondary N) is 2. The van der Waals surface area contributed by atoms with Crippen molar-refractivity contribution in [3.63, 3.8) is 0 Å². The van der Waals surface area contributed by atoms with Crippen LogP contribution in [0.1, 0.15) is 94.3 Å². The Morgan fingerprint density at radius 1 is 1.02 bits per heavy atom. The molecular formula is C36H51F3N6O4. The van der Waals surface area contributed by atoms with Gasteiger partial charge in [0.15, 0.2) is 5.78 Å². The van der Waals surface area contributed by atoms with Crippen LogP contribution in [0, 0.1) is 17.7 Å². The van der Waals surface area contributed by atoms with E-state index in [1.54, 1.807) is 28.6 Å². The normalized spacial score (nSPS) is 22.2. The summed E-state index contributed by atoms with van der Waals surface area (Å²) in [5.74, 6) is -7.63. The number of halogens is 3. The topological polar surface area (TPSA) is 117 Å². The third-order valence-electron chi connectivity index (χ3n) is 10.5. The van der Waals surface area contributed by atoms with Gasteiger partial charge in [-0.15, -0.1) is 0 Å². The van der Waals surface area contributed by atoms with Gasteiger partial charge in [-0.25, -0.2) is 4.39 Å². The van der Waals surface area contributed by atoms with Crippen molar-refractivity contribution >= 4 is 23.5 Å². The van der Waals surface area contributed by atoms with Crippen LogP contribution < -0.4 is 10.6 Å². The number of carbonyl (C=O) groups is 4. The first-order valence-electron chi connectivity index (χ1n) is 17.5. The molecule has 0 radical (unpaired) electrons. The SMILES string of the molecule is CCn1nccc1C(=O)N[C@H](C(=O)Cc1ccc([C@H](C)[C@@H](NC(=O)C(F)(F)CC)C(=O)N2CCN(C)[C@H](C)C2)cc1F)C1CCC(C)CC1. The number of likely N-dealkylation sites (N-methyl/N-ethyl adjacent to an activating group) is 1. The second kappa shape index (κ2) is 16.3. The smallest absolute Gasteiger partial charge is 0.324 e. The maximum Gasteiger partial charge on any atom is 0.324 e. The Morgan fingerprint density at radius 3 is 2.33 bits per heavy atom. The van der Waals surface area contributed by atoms with Gasteiger partial charge < -0.3 is 20.4 Å². The predicted molar refractivity (Wildman–Crippen MR) is 180 cm³/mol. The van der Waals surface area contributed by atoms with Crippen LogP contribution in [0.15, 0.2) is 30.5 Å². The lowest BCUT2D eigenvalue weighted by atomic mass is 9.77. The molecule has 2 fully saturated rings. The predicted octanol–water partition coefficient (Wildman–Crippen LogP) is 4.57. The Kier molecular flexibility index (Phi) is 12.7. The van der Waals surface area contributed by atoms with E-state index in [-0.39, 0.29) is 29.7 Å². The highest BCUT2D eigenvalue weighted by Gasteiger charge is 2.42. The summed E-state index contributed by atoms with van der Waals surface area (Å²) < 4.78 is 46.1. The Labute approximate surface area is 287 Å². The Balaban J connectivity index is 1.56. The lowest BCUT2D eigenvalue weighted by Gasteiger charge is -2.40. The highest BCUT2D eigenvalue weighted by Crippen LogP contribution is 2.32. The summed E-state index contributed by atoms with van der Waals surface area (Å²) in [4.78, 5) is 57.0. The van der Waals surface area contributed by atoms with E-state index >= 15 is 4.39 Å². The number of rotatable bonds is 13. The standard InChI is InChI=1S/C36H51F3N6O4/c1-7-36(38,39)35(49)42-31(34(48)44-18-17-43(6)23(4)21-44)24(5)26-13-14-27(28(37)19-26)20-30(46)32(25-11-9-22(3)10-12-25)41-33(47)29-15-16-40-45(29)8-2/h13-16,19,22-25,31-32H,7-12,17-18,20-21H2,1-6H3,(H,41,47)(H,42,49)/t22?,23-,24+,25?,31-,32+/m1/s1. The van der Waals surface area contributed by atoms with Crippen molar-refractivity contribution in [2.75, 3.05) is 26.7 Å². The van der Waals surface area contributed by atoms with Gasteiger partial charge in [0, 0.05) is 57.2 Å². The summed E-state index contributed by atoms with van der Waals surface area (Å²) >= 11 is 0. The van der Waals surface area contributed by atoms with E-state index < -0.39 is 53.9 Å². The van der Waals surface area contributed by atoms with Gasteiger partial charge in [0.05, 0.1) is 6.04 Å². The van der Waals surface area contributed by atoms with Crippen LogP contribution in [0.5, 0.6) is 0 Å². The molecule has 270 valence electrons. The number of nitrogens with zero attached hydrogens (tertiary/aromatic N) is 4. The number of hydrogen-bond acceptors (Lipinski definition) is 6. The summed E-state index contributed by atoms with van der Waals surface area (Å²) in [5, 5.41) is 9.36. The van der Waals surface area contributed by atoms with E-state index in [0.717, 1.165) is 25.7 Å². The molecule has 4 rings (SSSR count). The van der Waals surface area contributed by atoms with Gasteiger partial charge in [0.25, 0.3) is 11.8 Å². The van der Waals surface area contributed by atoms with E-state index in [0.29, 0.717) is 43.4 Å². The number of alkyl halides is 2. The van der Waals surface area contributed by atoms with E-state index in [2.05, 4.69) is 27.6 Å². The molecule has 0 unspecified atom stereocenters. The second-order valence-electron chi connectivity index (χ2n) is 13.9. The average Bonchev–Trinajstić information content (AvgIpc) is 3.57. The lowest BCUT2D eigenvalue weighted by Crippen LogP contribution is -2.59. The zero-order valence-corrected chi connectivity index (χ0v) is 29.5. The second-order valence-corrected chi connectivity index (χ2v) is 13.9. The summed E-state index contributed by atoms with van der Waals surface area (Å²) in [6.45, 7) is 10.5. The zero-order chi connectivity index (χ0) is 36.0. The molecule has 1 saturated heterocycles. The van der Waals surface area contributed by atoms with Gasteiger partial charge >= 0.3 is 5.92 Å². The van der Waals surface area contributed by atoms with E-state index in [9.17, 15) is 28.0 Å². The molecule has 2 N–H and O–H groups in total. The molecular weight excluding hydrogens is 637 g/mol. The molecule has 1 aliphatic carbocycles. The maximum atomic E-state index is 15.8. The van der Waals surface area contributed by atoms with Crippen molar-refractivity contribution in [2.24, 2.45) is 11.8 Å². The fourth-order valence-electron chi connectivity index (χ4n) is 6.81. The summed E-state index contributed by atoms with van der Waals surface area (Å²) in [6, 6.07) is 3.64. The number of ketones is 1. The molecule has 2 aliphatic rings. The van der Waals surface area contributed by atoms with Gasteiger partial charge in [-0.1, -0.05) is 45.7 Å². The highest BCUT2D eigenvalue weighted by molar-refractivity contribution is 5.97. The average molecular weight is 689 g/mol. The van der Waals surface area contributed by atoms with Crippen molar-refractivity contribution in [3.05, 3.63) is 53.1 Å². The first kappa shape index (κ1) is 38.1. The number of hydrogen-bond donors (Lipinski definition) is 2. The molecule has 13 heteroatoms. The number of carbonyl (C=O) groups excluding carboxylic acids is 4. The molecule has 1 aromatic heterocycles. The van der Waals surface area contributed by atoms with E-state index in [4.69, 9.17) is 0 Å². The minimum Gasteiger partial charge on any atom is -0.341 e. The quantitative estimate of drug-likeness (QED) is 0.319. The number of aromatic nitrogens is 2. The Bertz CT molecular complexity index is 1490. The number of amides is 3. The molecule has 1 aliphatic heterocycles. The maximum absolute atomic E-state index is 15.8. The largest absolute Gasteiger partial charge is 0.341 e. The third kappa shape index (κ3) is 9.09. The van der Waals surface area contributed by atoms with Crippen LogP contribution >= 0.6 is 0 Å². The van der Waals surface area contributed by atoms with Crippen molar-refractivity contribution in [3.8, 4) is 0 Å². The molecule has 0 spiro atoms. The van der Waals surface area contributed by atoms with Crippen LogP contribution in [-0.2, 0) is 27.3 Å². The number of aryl methyl sites for hydroxylation is 1. The molecule has 4 atom stereocenters. The molecule has 49 heavy (non-hydrogen) atoms. The fraction of sp³-hybridized carbons (Fsp3) is 0.639. The number of piperazine rings is 1. The van der Waals surface area contributed by atoms with Gasteiger partial charge in [0.2, 0.25) is 5.91 Å². The lowest BCUT2D eigenvalue weighted by molar-refractivity contribution is -0.150. The minimum absolute atomic E-state index is 0.0233. The summed E-state index contributed by atoms with van der Waals surface area (Å²) in [7, 11) is 1.93. The van der Waals surface area contributed by atoms with E-state index in [1.807, 2.05) is 20.9 Å². The molecule has 0 bridgehead atoms. The first-order chi connectivity index (χ1) is 23.2. The monoisotopic (exact) mass is 688 g/mol. The first-order valence-corrected chi connectivity index (χ1v) is 17.5. The fourth-order valence-corrected chi connectivity index (χ4v) is 6.81. The Morgan fingerprint density at radius 2 is 1.71 bits per heavy atom. The third-order valence-corrected chi connectivity index (χ3v) is 10.5. The van der Waals surface area contributed by atoms with Crippen molar-refractivity contribution in [1.29, 1.82) is 0 Å². The van der Waals surface area contributed by atoms with Crippen molar-refractivity contribution in [2.45, 2.75) is 110 Å². The molecule has 10 nitrogen and oxygen atoms in total. The van der Waals surface area contributed by atoms with Crippen LogP contribution in [0.4, 0.5) is 13.2 Å². The zero-order valence-electron chi connectivity index (χ0n) is 29.5. The van der Waals surface area contributed by atoms with Crippen molar-refractivity contribution in [1.82, 2.24) is 30.2 Å². The summed E-state index contributed by atoms with van der Waals surface area (Å²) in [6.07, 6.45) is 3.88. The van der Waals surface area contributed by atoms with Crippen LogP contribution in [-0.4, -0.2) is 93.8 Å². The van der Waals surface area contributed by atoms with E-state index in [1.165, 1.54) is 25.3 Å². The number of Topliss-reactive ketones (excluding diaryl/α,β-unsaturated/α-hetero) is 1. The van der Waals surface area contributed by atoms with Gasteiger partial charge in [0.1, 0.15) is 17.6 Å². The van der Waals surface area contributed by atoms with Gasteiger partial charge in [-0.3, -0.25) is 23.9 Å². The van der Waals surface area contributed by atoms with Crippen LogP contribution in [0.2, 0.25) is 0 Å². The van der Waals surface area contributed by atoms with Crippen molar-refractivity contribution < 1.29 is 32.3 Å².